The van der Waals surface area contributed by atoms with Crippen molar-refractivity contribution in [2.45, 2.75) is 6.04 Å². The summed E-state index contributed by atoms with van der Waals surface area (Å²) in [6, 6.07) is 3.09. The molecule has 1 unspecified atom stereocenters. The van der Waals surface area contributed by atoms with E-state index in [0.29, 0.717) is 13.2 Å². The van der Waals surface area contributed by atoms with E-state index in [9.17, 15) is 9.50 Å². The van der Waals surface area contributed by atoms with Crippen molar-refractivity contribution in [3.05, 3.63) is 28.0 Å². The van der Waals surface area contributed by atoms with Crippen molar-refractivity contribution in [2.75, 3.05) is 19.8 Å². The van der Waals surface area contributed by atoms with Crippen LogP contribution in [0.5, 0.6) is 5.75 Å². The molecule has 1 aromatic carbocycles. The predicted octanol–water partition coefficient (Wildman–Crippen LogP) is 1.95. The summed E-state index contributed by atoms with van der Waals surface area (Å²) in [6.07, 6.45) is 0. The highest BCUT2D eigenvalue weighted by Crippen LogP contribution is 2.29. The number of ether oxygens (including phenoxy) is 1. The highest BCUT2D eigenvalue weighted by molar-refractivity contribution is 9.10. The molecular formula is C10H11BrFNO2. The number of hydrogen-bond donors (Lipinski definition) is 2. The summed E-state index contributed by atoms with van der Waals surface area (Å²) in [5.74, 6) is -0.970. The molecule has 5 heteroatoms. The molecule has 0 saturated carbocycles. The maximum Gasteiger partial charge on any atom is 0.178 e. The lowest BCUT2D eigenvalue weighted by molar-refractivity contribution is 0.0768. The lowest BCUT2D eigenvalue weighted by Crippen LogP contribution is -2.34. The fourth-order valence-corrected chi connectivity index (χ4v) is 2.04. The summed E-state index contributed by atoms with van der Waals surface area (Å²) in [4.78, 5) is 0. The molecule has 1 atom stereocenters. The fraction of sp³-hybridized carbons (Fsp3) is 0.400. The van der Waals surface area contributed by atoms with Crippen LogP contribution < -0.4 is 5.32 Å². The van der Waals surface area contributed by atoms with Crippen LogP contribution in [0.2, 0.25) is 0 Å². The molecule has 0 bridgehead atoms. The summed E-state index contributed by atoms with van der Waals surface area (Å²) in [7, 11) is 0. The number of morpholine rings is 1. The molecule has 1 aliphatic rings. The first-order valence-electron chi connectivity index (χ1n) is 4.67. The fourth-order valence-electron chi connectivity index (χ4n) is 1.58. The minimum absolute atomic E-state index is 0.0153. The van der Waals surface area contributed by atoms with E-state index in [-0.39, 0.29) is 16.3 Å². The second-order valence-electron chi connectivity index (χ2n) is 3.42. The molecule has 0 amide bonds. The van der Waals surface area contributed by atoms with Gasteiger partial charge in [0.1, 0.15) is 0 Å². The van der Waals surface area contributed by atoms with E-state index < -0.39 is 5.82 Å². The van der Waals surface area contributed by atoms with Crippen molar-refractivity contribution in [1.82, 2.24) is 5.32 Å². The van der Waals surface area contributed by atoms with Crippen molar-refractivity contribution >= 4 is 15.9 Å². The third kappa shape index (κ3) is 2.30. The SMILES string of the molecule is Oc1cc(C2COCCN2)cc(Br)c1F. The summed E-state index contributed by atoms with van der Waals surface area (Å²) < 4.78 is 18.7. The van der Waals surface area contributed by atoms with Gasteiger partial charge in [-0.3, -0.25) is 0 Å². The average molecular weight is 276 g/mol. The van der Waals surface area contributed by atoms with Gasteiger partial charge >= 0.3 is 0 Å². The van der Waals surface area contributed by atoms with Crippen molar-refractivity contribution in [1.29, 1.82) is 0 Å². The molecule has 3 nitrogen and oxygen atoms in total. The van der Waals surface area contributed by atoms with Crippen LogP contribution >= 0.6 is 15.9 Å². The molecule has 1 aromatic rings. The summed E-state index contributed by atoms with van der Waals surface area (Å²) in [5, 5.41) is 12.6. The van der Waals surface area contributed by atoms with Crippen LogP contribution in [0.15, 0.2) is 16.6 Å². The van der Waals surface area contributed by atoms with Crippen LogP contribution in [0.1, 0.15) is 11.6 Å². The first-order chi connectivity index (χ1) is 7.18. The Labute approximate surface area is 95.4 Å². The van der Waals surface area contributed by atoms with Gasteiger partial charge < -0.3 is 15.2 Å². The Bertz CT molecular complexity index is 343. The number of benzene rings is 1. The molecule has 1 aliphatic heterocycles. The Balaban J connectivity index is 2.27. The van der Waals surface area contributed by atoms with Crippen LogP contribution in [0.3, 0.4) is 0 Å². The first kappa shape index (κ1) is 10.9. The van der Waals surface area contributed by atoms with Gasteiger partial charge in [0.05, 0.1) is 23.7 Å². The Kier molecular flexibility index (Phi) is 3.23. The Morgan fingerprint density at radius 3 is 2.93 bits per heavy atom. The van der Waals surface area contributed by atoms with E-state index in [0.717, 1.165) is 12.1 Å². The molecule has 0 aromatic heterocycles. The van der Waals surface area contributed by atoms with Crippen LogP contribution in [-0.2, 0) is 4.74 Å². The van der Waals surface area contributed by atoms with Crippen LogP contribution in [-0.4, -0.2) is 24.9 Å². The van der Waals surface area contributed by atoms with Gasteiger partial charge in [-0.25, -0.2) is 4.39 Å². The van der Waals surface area contributed by atoms with E-state index in [1.165, 1.54) is 6.07 Å². The smallest absolute Gasteiger partial charge is 0.178 e. The number of phenols is 1. The molecule has 0 radical (unpaired) electrons. The number of halogens is 2. The van der Waals surface area contributed by atoms with Gasteiger partial charge in [-0.05, 0) is 33.6 Å². The minimum atomic E-state index is -0.629. The third-order valence-electron chi connectivity index (χ3n) is 2.36. The van der Waals surface area contributed by atoms with E-state index in [1.54, 1.807) is 6.07 Å². The van der Waals surface area contributed by atoms with E-state index in [4.69, 9.17) is 4.74 Å². The van der Waals surface area contributed by atoms with Crippen molar-refractivity contribution in [2.24, 2.45) is 0 Å². The van der Waals surface area contributed by atoms with E-state index in [2.05, 4.69) is 21.2 Å². The van der Waals surface area contributed by atoms with Crippen molar-refractivity contribution in [3.63, 3.8) is 0 Å². The molecule has 1 fully saturated rings. The number of aromatic hydroxyl groups is 1. The third-order valence-corrected chi connectivity index (χ3v) is 2.93. The van der Waals surface area contributed by atoms with Crippen molar-refractivity contribution in [3.8, 4) is 5.75 Å². The normalized spacial score (nSPS) is 21.6. The Morgan fingerprint density at radius 2 is 2.33 bits per heavy atom. The zero-order chi connectivity index (χ0) is 10.8. The highest BCUT2D eigenvalue weighted by atomic mass is 79.9. The van der Waals surface area contributed by atoms with Gasteiger partial charge in [-0.1, -0.05) is 0 Å². The summed E-state index contributed by atoms with van der Waals surface area (Å²) >= 11 is 3.06. The molecule has 0 spiro atoms. The highest BCUT2D eigenvalue weighted by Gasteiger charge is 2.18. The Morgan fingerprint density at radius 1 is 1.53 bits per heavy atom. The second-order valence-corrected chi connectivity index (χ2v) is 4.27. The minimum Gasteiger partial charge on any atom is -0.505 e. The topological polar surface area (TPSA) is 41.5 Å². The lowest BCUT2D eigenvalue weighted by atomic mass is 10.1. The van der Waals surface area contributed by atoms with Gasteiger partial charge in [0.25, 0.3) is 0 Å². The number of hydrogen-bond acceptors (Lipinski definition) is 3. The van der Waals surface area contributed by atoms with Crippen LogP contribution in [0.4, 0.5) is 4.39 Å². The van der Waals surface area contributed by atoms with Gasteiger partial charge in [0, 0.05) is 6.54 Å². The standard InChI is InChI=1S/C10H11BrFNO2/c11-7-3-6(4-9(14)10(7)12)8-5-15-2-1-13-8/h3-4,8,13-14H,1-2,5H2. The first-order valence-corrected chi connectivity index (χ1v) is 5.47. The van der Waals surface area contributed by atoms with Gasteiger partial charge in [-0.2, -0.15) is 0 Å². The van der Waals surface area contributed by atoms with E-state index in [1.807, 2.05) is 0 Å². The van der Waals surface area contributed by atoms with Crippen LogP contribution in [0, 0.1) is 5.82 Å². The van der Waals surface area contributed by atoms with Gasteiger partial charge in [0.2, 0.25) is 0 Å². The number of rotatable bonds is 1. The van der Waals surface area contributed by atoms with Gasteiger partial charge in [0.15, 0.2) is 11.6 Å². The molecule has 1 heterocycles. The zero-order valence-corrected chi connectivity index (χ0v) is 9.55. The number of phenolic OH excluding ortho intramolecular Hbond substituents is 1. The largest absolute Gasteiger partial charge is 0.505 e. The summed E-state index contributed by atoms with van der Waals surface area (Å²) in [6.45, 7) is 1.99. The van der Waals surface area contributed by atoms with Crippen molar-refractivity contribution < 1.29 is 14.2 Å². The summed E-state index contributed by atoms with van der Waals surface area (Å²) in [5.41, 5.74) is 0.820. The van der Waals surface area contributed by atoms with Gasteiger partial charge in [-0.15, -0.1) is 0 Å². The number of nitrogens with one attached hydrogen (secondary N) is 1. The monoisotopic (exact) mass is 275 g/mol. The quantitative estimate of drug-likeness (QED) is 0.823. The maximum atomic E-state index is 13.1. The van der Waals surface area contributed by atoms with E-state index >= 15 is 0 Å². The molecule has 2 rings (SSSR count). The zero-order valence-electron chi connectivity index (χ0n) is 7.96. The molecular weight excluding hydrogens is 265 g/mol. The lowest BCUT2D eigenvalue weighted by Gasteiger charge is -2.24. The second kappa shape index (κ2) is 4.47. The molecule has 0 aliphatic carbocycles. The molecule has 82 valence electrons. The average Bonchev–Trinajstić information content (AvgIpc) is 2.26. The molecule has 1 saturated heterocycles. The predicted molar refractivity (Wildman–Crippen MR) is 57.3 cm³/mol. The molecule has 2 N–H and O–H groups in total. The molecule has 15 heavy (non-hydrogen) atoms. The Hall–Kier alpha value is -0.650. The maximum absolute atomic E-state index is 13.1. The van der Waals surface area contributed by atoms with Crippen LogP contribution in [0.25, 0.3) is 0 Å².